The van der Waals surface area contributed by atoms with Gasteiger partial charge in [-0.1, -0.05) is 67.4 Å². The number of nitrogens with two attached hydrogens (primary N) is 1. The van der Waals surface area contributed by atoms with E-state index in [-0.39, 0.29) is 42.5 Å². The molecule has 5 heteroatoms. The summed E-state index contributed by atoms with van der Waals surface area (Å²) in [5.74, 6) is -0.0837. The van der Waals surface area contributed by atoms with Crippen LogP contribution in [-0.4, -0.2) is 23.8 Å². The Labute approximate surface area is 166 Å². The minimum absolute atomic E-state index is 0. The number of halogens is 1. The SMILES string of the molecule is Cl.NCC1(NC(=O)CCC(=O)c2ccc(-c3ccccc3)cc2)CCCC1. The molecule has 0 atom stereocenters. The van der Waals surface area contributed by atoms with Crippen LogP contribution >= 0.6 is 12.4 Å². The zero-order valence-electron chi connectivity index (χ0n) is 15.4. The van der Waals surface area contributed by atoms with Crippen molar-refractivity contribution in [3.05, 3.63) is 60.2 Å². The van der Waals surface area contributed by atoms with Crippen LogP contribution in [-0.2, 0) is 4.79 Å². The van der Waals surface area contributed by atoms with Crippen molar-refractivity contribution in [3.8, 4) is 11.1 Å². The van der Waals surface area contributed by atoms with E-state index < -0.39 is 0 Å². The highest BCUT2D eigenvalue weighted by molar-refractivity contribution is 5.98. The Hall–Kier alpha value is -2.17. The van der Waals surface area contributed by atoms with Gasteiger partial charge in [0.15, 0.2) is 5.78 Å². The Morgan fingerprint density at radius 3 is 2.07 bits per heavy atom. The molecular formula is C22H27ClN2O2. The fourth-order valence-corrected chi connectivity index (χ4v) is 3.64. The molecule has 27 heavy (non-hydrogen) atoms. The van der Waals surface area contributed by atoms with E-state index in [0.717, 1.165) is 36.8 Å². The van der Waals surface area contributed by atoms with Gasteiger partial charge in [-0.05, 0) is 24.0 Å². The van der Waals surface area contributed by atoms with Gasteiger partial charge >= 0.3 is 0 Å². The van der Waals surface area contributed by atoms with Gasteiger partial charge in [-0.2, -0.15) is 0 Å². The first-order valence-electron chi connectivity index (χ1n) is 9.32. The van der Waals surface area contributed by atoms with E-state index in [2.05, 4.69) is 5.32 Å². The second-order valence-corrected chi connectivity index (χ2v) is 7.11. The van der Waals surface area contributed by atoms with Gasteiger partial charge < -0.3 is 11.1 Å². The van der Waals surface area contributed by atoms with Crippen molar-refractivity contribution < 1.29 is 9.59 Å². The minimum Gasteiger partial charge on any atom is -0.349 e. The lowest BCUT2D eigenvalue weighted by Gasteiger charge is -2.28. The van der Waals surface area contributed by atoms with Crippen molar-refractivity contribution in [2.24, 2.45) is 5.73 Å². The third-order valence-corrected chi connectivity index (χ3v) is 5.25. The number of Topliss-reactive ketones (excluding diaryl/α,β-unsaturated/α-hetero) is 1. The number of carbonyl (C=O) groups excluding carboxylic acids is 2. The highest BCUT2D eigenvalue weighted by atomic mass is 35.5. The monoisotopic (exact) mass is 386 g/mol. The number of ketones is 1. The molecule has 0 aliphatic heterocycles. The predicted octanol–water partition coefficient (Wildman–Crippen LogP) is 4.13. The number of carbonyl (C=O) groups is 2. The smallest absolute Gasteiger partial charge is 0.220 e. The maximum atomic E-state index is 12.4. The molecule has 1 aliphatic rings. The fraction of sp³-hybridized carbons (Fsp3) is 0.364. The van der Waals surface area contributed by atoms with Crippen LogP contribution in [0.3, 0.4) is 0 Å². The number of benzene rings is 2. The maximum Gasteiger partial charge on any atom is 0.220 e. The molecule has 0 spiro atoms. The largest absolute Gasteiger partial charge is 0.349 e. The molecule has 1 amide bonds. The molecule has 0 saturated heterocycles. The molecule has 4 nitrogen and oxygen atoms in total. The molecule has 0 aromatic heterocycles. The second kappa shape index (κ2) is 9.67. The van der Waals surface area contributed by atoms with Gasteiger partial charge in [0.2, 0.25) is 5.91 Å². The van der Waals surface area contributed by atoms with E-state index in [1.165, 1.54) is 0 Å². The van der Waals surface area contributed by atoms with Gasteiger partial charge in [-0.25, -0.2) is 0 Å². The van der Waals surface area contributed by atoms with Crippen LogP contribution in [0.15, 0.2) is 54.6 Å². The molecule has 3 N–H and O–H groups in total. The van der Waals surface area contributed by atoms with Crippen molar-refractivity contribution in [2.45, 2.75) is 44.1 Å². The second-order valence-electron chi connectivity index (χ2n) is 7.11. The highest BCUT2D eigenvalue weighted by Crippen LogP contribution is 2.28. The summed E-state index contributed by atoms with van der Waals surface area (Å²) in [6.45, 7) is 0.466. The Morgan fingerprint density at radius 1 is 0.889 bits per heavy atom. The fourth-order valence-electron chi connectivity index (χ4n) is 3.64. The van der Waals surface area contributed by atoms with E-state index in [9.17, 15) is 9.59 Å². The summed E-state index contributed by atoms with van der Waals surface area (Å²) in [5, 5.41) is 3.06. The number of hydrogen-bond donors (Lipinski definition) is 2. The molecule has 0 radical (unpaired) electrons. The van der Waals surface area contributed by atoms with Gasteiger partial charge in [0.25, 0.3) is 0 Å². The summed E-state index contributed by atoms with van der Waals surface area (Å²) < 4.78 is 0. The van der Waals surface area contributed by atoms with E-state index in [0.29, 0.717) is 12.1 Å². The third-order valence-electron chi connectivity index (χ3n) is 5.25. The lowest BCUT2D eigenvalue weighted by atomic mass is 9.97. The zero-order chi connectivity index (χ0) is 18.4. The van der Waals surface area contributed by atoms with Gasteiger partial charge in [0.05, 0.1) is 5.54 Å². The van der Waals surface area contributed by atoms with Crippen LogP contribution < -0.4 is 11.1 Å². The van der Waals surface area contributed by atoms with Gasteiger partial charge in [0, 0.05) is 24.9 Å². The Bertz CT molecular complexity index is 754. The summed E-state index contributed by atoms with van der Waals surface area (Å²) in [6, 6.07) is 17.6. The Kier molecular flexibility index (Phi) is 7.57. The van der Waals surface area contributed by atoms with Crippen LogP contribution in [0.5, 0.6) is 0 Å². The normalized spacial score (nSPS) is 15.0. The quantitative estimate of drug-likeness (QED) is 0.703. The van der Waals surface area contributed by atoms with Crippen LogP contribution in [0, 0.1) is 0 Å². The summed E-state index contributed by atoms with van der Waals surface area (Å²) in [4.78, 5) is 24.6. The standard InChI is InChI=1S/C22H26N2O2.ClH/c23-16-22(14-4-5-15-22)24-21(26)13-12-20(25)19-10-8-18(9-11-19)17-6-2-1-3-7-17;/h1-3,6-11H,4-5,12-16,23H2,(H,24,26);1H. The molecule has 1 aliphatic carbocycles. The lowest BCUT2D eigenvalue weighted by Crippen LogP contribution is -2.51. The van der Waals surface area contributed by atoms with Crippen molar-refractivity contribution >= 4 is 24.1 Å². The first-order chi connectivity index (χ1) is 12.6. The summed E-state index contributed by atoms with van der Waals surface area (Å²) in [5.41, 5.74) is 8.43. The molecule has 2 aromatic rings. The molecule has 0 heterocycles. The molecule has 144 valence electrons. The number of hydrogen-bond acceptors (Lipinski definition) is 3. The molecular weight excluding hydrogens is 360 g/mol. The molecule has 3 rings (SSSR count). The summed E-state index contributed by atoms with van der Waals surface area (Å²) in [7, 11) is 0. The van der Waals surface area contributed by atoms with E-state index in [4.69, 9.17) is 5.73 Å². The lowest BCUT2D eigenvalue weighted by molar-refractivity contribution is -0.122. The predicted molar refractivity (Wildman–Crippen MR) is 111 cm³/mol. The highest BCUT2D eigenvalue weighted by Gasteiger charge is 2.33. The van der Waals surface area contributed by atoms with Gasteiger partial charge in [-0.15, -0.1) is 12.4 Å². The van der Waals surface area contributed by atoms with Crippen molar-refractivity contribution in [3.63, 3.8) is 0 Å². The zero-order valence-corrected chi connectivity index (χ0v) is 16.3. The average molecular weight is 387 g/mol. The maximum absolute atomic E-state index is 12.4. The number of nitrogens with one attached hydrogen (secondary N) is 1. The van der Waals surface area contributed by atoms with Crippen LogP contribution in [0.4, 0.5) is 0 Å². The van der Waals surface area contributed by atoms with Crippen LogP contribution in [0.2, 0.25) is 0 Å². The molecule has 0 bridgehead atoms. The Morgan fingerprint density at radius 2 is 1.48 bits per heavy atom. The average Bonchev–Trinajstić information content (AvgIpc) is 3.16. The summed E-state index contributed by atoms with van der Waals surface area (Å²) in [6.07, 6.45) is 4.50. The molecule has 1 saturated carbocycles. The number of amides is 1. The first kappa shape index (κ1) is 21.1. The molecule has 1 fully saturated rings. The first-order valence-corrected chi connectivity index (χ1v) is 9.32. The number of rotatable bonds is 7. The van der Waals surface area contributed by atoms with Gasteiger partial charge in [0.1, 0.15) is 0 Å². The summed E-state index contributed by atoms with van der Waals surface area (Å²) >= 11 is 0. The Balaban J connectivity index is 0.00000261. The van der Waals surface area contributed by atoms with Crippen LogP contribution in [0.25, 0.3) is 11.1 Å². The minimum atomic E-state index is -0.253. The molecule has 0 unspecified atom stereocenters. The van der Waals surface area contributed by atoms with Gasteiger partial charge in [-0.3, -0.25) is 9.59 Å². The van der Waals surface area contributed by atoms with Crippen molar-refractivity contribution in [1.82, 2.24) is 5.32 Å². The topological polar surface area (TPSA) is 72.2 Å². The van der Waals surface area contributed by atoms with Crippen LogP contribution in [0.1, 0.15) is 48.9 Å². The molecule has 2 aromatic carbocycles. The van der Waals surface area contributed by atoms with E-state index in [1.54, 1.807) is 0 Å². The van der Waals surface area contributed by atoms with E-state index >= 15 is 0 Å². The van der Waals surface area contributed by atoms with Crippen molar-refractivity contribution in [1.29, 1.82) is 0 Å². The third kappa shape index (κ3) is 5.41. The van der Waals surface area contributed by atoms with E-state index in [1.807, 2.05) is 54.6 Å². The van der Waals surface area contributed by atoms with Crippen molar-refractivity contribution in [2.75, 3.05) is 6.54 Å².